The highest BCUT2D eigenvalue weighted by atomic mass is 127. The Labute approximate surface area is 168 Å². The van der Waals surface area contributed by atoms with Crippen LogP contribution >= 0.6 is 24.0 Å². The predicted molar refractivity (Wildman–Crippen MR) is 108 cm³/mol. The maximum absolute atomic E-state index is 13.2. The molecule has 0 unspecified atom stereocenters. The summed E-state index contributed by atoms with van der Waals surface area (Å²) in [6.45, 7) is 1.76. The van der Waals surface area contributed by atoms with Crippen molar-refractivity contribution in [1.29, 1.82) is 0 Å². The second-order valence-corrected chi connectivity index (χ2v) is 5.35. The highest BCUT2D eigenvalue weighted by Crippen LogP contribution is 2.34. The summed E-state index contributed by atoms with van der Waals surface area (Å²) in [5, 5.41) is 6.27. The van der Waals surface area contributed by atoms with Gasteiger partial charge in [0.2, 0.25) is 6.79 Å². The van der Waals surface area contributed by atoms with Crippen LogP contribution in [0.15, 0.2) is 47.5 Å². The van der Waals surface area contributed by atoms with Crippen LogP contribution in [0.25, 0.3) is 0 Å². The molecule has 1 heterocycles. The fourth-order valence-electron chi connectivity index (χ4n) is 2.36. The molecule has 140 valence electrons. The van der Waals surface area contributed by atoms with Crippen molar-refractivity contribution in [1.82, 2.24) is 10.6 Å². The van der Waals surface area contributed by atoms with Gasteiger partial charge in [0.1, 0.15) is 18.2 Å². The summed E-state index contributed by atoms with van der Waals surface area (Å²) in [5.74, 6) is 2.51. The summed E-state index contributed by atoms with van der Waals surface area (Å²) in [6, 6.07) is 11.9. The Bertz CT molecular complexity index is 758. The molecule has 1 aliphatic rings. The third kappa shape index (κ3) is 5.65. The van der Waals surface area contributed by atoms with Crippen LogP contribution in [0.1, 0.15) is 5.56 Å². The Balaban J connectivity index is 0.00000243. The first-order valence-electron chi connectivity index (χ1n) is 7.96. The van der Waals surface area contributed by atoms with Gasteiger partial charge in [-0.05, 0) is 29.8 Å². The van der Waals surface area contributed by atoms with Gasteiger partial charge >= 0.3 is 0 Å². The number of rotatable bonds is 6. The van der Waals surface area contributed by atoms with Crippen LogP contribution in [0.5, 0.6) is 17.2 Å². The number of guanidine groups is 1. The SMILES string of the molecule is CN=C(NCCOc1ccc2c(c1)OCO2)NCc1cccc(F)c1.I. The molecule has 0 saturated carbocycles. The lowest BCUT2D eigenvalue weighted by molar-refractivity contribution is 0.173. The van der Waals surface area contributed by atoms with Gasteiger partial charge in [-0.25, -0.2) is 4.39 Å². The van der Waals surface area contributed by atoms with Gasteiger partial charge < -0.3 is 24.8 Å². The number of ether oxygens (including phenoxy) is 3. The number of hydrogen-bond donors (Lipinski definition) is 2. The summed E-state index contributed by atoms with van der Waals surface area (Å²) >= 11 is 0. The van der Waals surface area contributed by atoms with Crippen molar-refractivity contribution >= 4 is 29.9 Å². The van der Waals surface area contributed by atoms with E-state index >= 15 is 0 Å². The Morgan fingerprint density at radius 3 is 2.81 bits per heavy atom. The van der Waals surface area contributed by atoms with Gasteiger partial charge in [-0.15, -0.1) is 24.0 Å². The van der Waals surface area contributed by atoms with E-state index < -0.39 is 0 Å². The number of nitrogens with one attached hydrogen (secondary N) is 2. The van der Waals surface area contributed by atoms with Crippen molar-refractivity contribution in [2.24, 2.45) is 4.99 Å². The van der Waals surface area contributed by atoms with Gasteiger partial charge in [0.15, 0.2) is 17.5 Å². The molecule has 0 aromatic heterocycles. The van der Waals surface area contributed by atoms with E-state index in [1.165, 1.54) is 12.1 Å². The lowest BCUT2D eigenvalue weighted by Crippen LogP contribution is -2.38. The summed E-state index contributed by atoms with van der Waals surface area (Å²) in [6.07, 6.45) is 0. The zero-order valence-electron chi connectivity index (χ0n) is 14.3. The first-order valence-corrected chi connectivity index (χ1v) is 7.96. The van der Waals surface area contributed by atoms with Crippen LogP contribution in [0.4, 0.5) is 4.39 Å². The Hall–Kier alpha value is -2.23. The molecule has 6 nitrogen and oxygen atoms in total. The molecule has 1 aliphatic heterocycles. The van der Waals surface area contributed by atoms with E-state index in [1.54, 1.807) is 19.2 Å². The Morgan fingerprint density at radius 1 is 1.15 bits per heavy atom. The number of fused-ring (bicyclic) bond motifs is 1. The van der Waals surface area contributed by atoms with Crippen molar-refractivity contribution in [2.75, 3.05) is 27.0 Å². The molecule has 0 radical (unpaired) electrons. The third-order valence-electron chi connectivity index (χ3n) is 3.58. The number of benzene rings is 2. The fraction of sp³-hybridized carbons (Fsp3) is 0.278. The molecule has 26 heavy (non-hydrogen) atoms. The Kier molecular flexibility index (Phi) is 7.76. The molecule has 0 spiro atoms. The van der Waals surface area contributed by atoms with E-state index in [0.717, 1.165) is 11.3 Å². The quantitative estimate of drug-likeness (QED) is 0.293. The van der Waals surface area contributed by atoms with E-state index in [-0.39, 0.29) is 36.6 Å². The number of aliphatic imine (C=N–C) groups is 1. The predicted octanol–water partition coefficient (Wildman–Crippen LogP) is 2.92. The van der Waals surface area contributed by atoms with Crippen molar-refractivity contribution < 1.29 is 18.6 Å². The maximum Gasteiger partial charge on any atom is 0.231 e. The minimum atomic E-state index is -0.251. The van der Waals surface area contributed by atoms with Gasteiger partial charge in [0, 0.05) is 19.7 Å². The smallest absolute Gasteiger partial charge is 0.231 e. The van der Waals surface area contributed by atoms with E-state index in [2.05, 4.69) is 15.6 Å². The monoisotopic (exact) mass is 473 g/mol. The molecule has 0 aliphatic carbocycles. The second kappa shape index (κ2) is 10.0. The van der Waals surface area contributed by atoms with E-state index in [9.17, 15) is 4.39 Å². The number of halogens is 2. The van der Waals surface area contributed by atoms with Crippen LogP contribution in [0.2, 0.25) is 0 Å². The highest BCUT2D eigenvalue weighted by Gasteiger charge is 2.13. The molecule has 8 heteroatoms. The second-order valence-electron chi connectivity index (χ2n) is 5.35. The number of hydrogen-bond acceptors (Lipinski definition) is 4. The minimum Gasteiger partial charge on any atom is -0.492 e. The average molecular weight is 473 g/mol. The summed E-state index contributed by atoms with van der Waals surface area (Å²) in [7, 11) is 1.68. The first kappa shape index (κ1) is 20.1. The molecule has 2 N–H and O–H groups in total. The summed E-state index contributed by atoms with van der Waals surface area (Å²) < 4.78 is 29.4. The molecule has 0 saturated heterocycles. The summed E-state index contributed by atoms with van der Waals surface area (Å²) in [4.78, 5) is 4.13. The van der Waals surface area contributed by atoms with Gasteiger partial charge in [0.05, 0.1) is 6.54 Å². The zero-order valence-corrected chi connectivity index (χ0v) is 16.7. The Morgan fingerprint density at radius 2 is 2.00 bits per heavy atom. The molecule has 0 atom stereocenters. The normalized spacial score (nSPS) is 12.3. The van der Waals surface area contributed by atoms with E-state index in [1.807, 2.05) is 18.2 Å². The van der Waals surface area contributed by atoms with Crippen molar-refractivity contribution in [3.05, 3.63) is 53.8 Å². The first-order chi connectivity index (χ1) is 12.2. The van der Waals surface area contributed by atoms with Crippen LogP contribution in [0.3, 0.4) is 0 Å². The molecule has 2 aromatic rings. The maximum atomic E-state index is 13.2. The summed E-state index contributed by atoms with van der Waals surface area (Å²) in [5.41, 5.74) is 0.847. The molecule has 0 bridgehead atoms. The fourth-order valence-corrected chi connectivity index (χ4v) is 2.36. The third-order valence-corrected chi connectivity index (χ3v) is 3.58. The topological polar surface area (TPSA) is 64.1 Å². The molecule has 0 amide bonds. The van der Waals surface area contributed by atoms with E-state index in [0.29, 0.717) is 37.2 Å². The van der Waals surface area contributed by atoms with Gasteiger partial charge in [0.25, 0.3) is 0 Å². The van der Waals surface area contributed by atoms with Crippen molar-refractivity contribution in [3.63, 3.8) is 0 Å². The lowest BCUT2D eigenvalue weighted by atomic mass is 10.2. The average Bonchev–Trinajstić information content (AvgIpc) is 3.09. The van der Waals surface area contributed by atoms with Crippen molar-refractivity contribution in [3.8, 4) is 17.2 Å². The van der Waals surface area contributed by atoms with Crippen LogP contribution < -0.4 is 24.8 Å². The number of nitrogens with zero attached hydrogens (tertiary/aromatic N) is 1. The minimum absolute atomic E-state index is 0. The largest absolute Gasteiger partial charge is 0.492 e. The highest BCUT2D eigenvalue weighted by molar-refractivity contribution is 14.0. The van der Waals surface area contributed by atoms with Crippen LogP contribution in [0, 0.1) is 5.82 Å². The standard InChI is InChI=1S/C18H20FN3O3.HI/c1-20-18(22-11-13-3-2-4-14(19)9-13)21-7-8-23-15-5-6-16-17(10-15)25-12-24-16;/h2-6,9-10H,7-8,11-12H2,1H3,(H2,20,21,22);1H. The van der Waals surface area contributed by atoms with Gasteiger partial charge in [-0.3, -0.25) is 4.99 Å². The molecular formula is C18H21FIN3O3. The van der Waals surface area contributed by atoms with E-state index in [4.69, 9.17) is 14.2 Å². The van der Waals surface area contributed by atoms with Crippen LogP contribution in [-0.4, -0.2) is 33.0 Å². The lowest BCUT2D eigenvalue weighted by Gasteiger charge is -2.13. The molecule has 3 rings (SSSR count). The van der Waals surface area contributed by atoms with Crippen molar-refractivity contribution in [2.45, 2.75) is 6.54 Å². The molecule has 0 fully saturated rings. The van der Waals surface area contributed by atoms with Gasteiger partial charge in [-0.1, -0.05) is 12.1 Å². The van der Waals surface area contributed by atoms with Gasteiger partial charge in [-0.2, -0.15) is 0 Å². The molecular weight excluding hydrogens is 452 g/mol. The molecule has 2 aromatic carbocycles. The van der Waals surface area contributed by atoms with Crippen LogP contribution in [-0.2, 0) is 6.54 Å². The zero-order chi connectivity index (χ0) is 17.5.